The van der Waals surface area contributed by atoms with Crippen molar-refractivity contribution >= 4 is 44.4 Å². The van der Waals surface area contributed by atoms with Gasteiger partial charge in [-0.25, -0.2) is 4.39 Å². The van der Waals surface area contributed by atoms with Crippen LogP contribution >= 0.6 is 0 Å². The normalized spacial score (nSPS) is 11.4. The Kier molecular flexibility index (Phi) is 4.20. The summed E-state index contributed by atoms with van der Waals surface area (Å²) in [5.74, 6) is -0.0127. The minimum atomic E-state index is -0.333. The number of carbonyl (C=O) groups excluding carboxylic acids is 1. The highest BCUT2D eigenvalue weighted by atomic mass is 19.1. The average Bonchev–Trinajstić information content (AvgIpc) is 3.24. The number of anilines is 1. The number of ether oxygens (including phenoxy) is 1. The minimum absolute atomic E-state index is 0.108. The third kappa shape index (κ3) is 2.97. The number of aromatic amines is 1. The molecule has 5 aromatic rings. The number of rotatable bonds is 4. The van der Waals surface area contributed by atoms with Crippen LogP contribution in [0.2, 0.25) is 0 Å². The van der Waals surface area contributed by atoms with Crippen LogP contribution in [0.5, 0.6) is 5.75 Å². The number of methoxy groups -OCH3 is 1. The lowest BCUT2D eigenvalue weighted by Gasteiger charge is -2.10. The van der Waals surface area contributed by atoms with Crippen LogP contribution in [-0.2, 0) is 11.2 Å². The maximum atomic E-state index is 13.7. The lowest BCUT2D eigenvalue weighted by atomic mass is 10.1. The average molecular weight is 402 g/mol. The fourth-order valence-corrected chi connectivity index (χ4v) is 3.96. The molecule has 0 bridgehead atoms. The second-order valence-corrected chi connectivity index (χ2v) is 7.29. The number of para-hydroxylation sites is 1. The molecule has 0 unspecified atom stereocenters. The molecule has 5 nitrogen and oxygen atoms in total. The number of hydrogen-bond acceptors (Lipinski definition) is 3. The second kappa shape index (κ2) is 6.91. The molecule has 3 aromatic carbocycles. The third-order valence-corrected chi connectivity index (χ3v) is 5.39. The predicted octanol–water partition coefficient (Wildman–Crippen LogP) is 5.70. The number of amides is 1. The Morgan fingerprint density at radius 2 is 1.90 bits per heavy atom. The maximum absolute atomic E-state index is 13.7. The molecule has 0 atom stereocenters. The van der Waals surface area contributed by atoms with Gasteiger partial charge in [0.2, 0.25) is 5.91 Å². The zero-order valence-electron chi connectivity index (χ0n) is 16.5. The summed E-state index contributed by atoms with van der Waals surface area (Å²) in [6, 6.07) is 15.9. The molecule has 0 spiro atoms. The van der Waals surface area contributed by atoms with Gasteiger partial charge < -0.3 is 19.5 Å². The van der Waals surface area contributed by atoms with Crippen LogP contribution in [0, 0.1) is 12.7 Å². The monoisotopic (exact) mass is 402 g/mol. The summed E-state index contributed by atoms with van der Waals surface area (Å²) in [6.45, 7) is 1.88. The molecule has 5 rings (SSSR count). The molecule has 0 aliphatic rings. The van der Waals surface area contributed by atoms with Crippen molar-refractivity contribution in [1.82, 2.24) is 4.98 Å². The van der Waals surface area contributed by atoms with Crippen molar-refractivity contribution in [2.45, 2.75) is 13.3 Å². The SMILES string of the molecule is COc1cc2c(cc1NC(=O)Cc1c(C)[nH]c3ccc(F)cc13)oc1ccccc12. The Morgan fingerprint density at radius 1 is 1.07 bits per heavy atom. The number of hydrogen-bond donors (Lipinski definition) is 2. The number of furan rings is 1. The van der Waals surface area contributed by atoms with Crippen molar-refractivity contribution in [3.05, 3.63) is 71.7 Å². The van der Waals surface area contributed by atoms with E-state index >= 15 is 0 Å². The Bertz CT molecular complexity index is 1430. The van der Waals surface area contributed by atoms with E-state index in [-0.39, 0.29) is 18.1 Å². The van der Waals surface area contributed by atoms with Crippen molar-refractivity contribution in [3.8, 4) is 5.75 Å². The van der Waals surface area contributed by atoms with Gasteiger partial charge in [-0.2, -0.15) is 0 Å². The zero-order chi connectivity index (χ0) is 20.8. The first-order valence-corrected chi connectivity index (χ1v) is 9.59. The molecule has 150 valence electrons. The fraction of sp³-hybridized carbons (Fsp3) is 0.125. The highest BCUT2D eigenvalue weighted by Gasteiger charge is 2.17. The molecule has 0 aliphatic heterocycles. The largest absolute Gasteiger partial charge is 0.495 e. The van der Waals surface area contributed by atoms with Crippen LogP contribution < -0.4 is 10.1 Å². The van der Waals surface area contributed by atoms with Gasteiger partial charge in [-0.05, 0) is 42.8 Å². The van der Waals surface area contributed by atoms with Crippen LogP contribution in [0.3, 0.4) is 0 Å². The van der Waals surface area contributed by atoms with Crippen LogP contribution in [0.25, 0.3) is 32.8 Å². The van der Waals surface area contributed by atoms with E-state index < -0.39 is 0 Å². The van der Waals surface area contributed by atoms with E-state index in [4.69, 9.17) is 9.15 Å². The molecule has 2 N–H and O–H groups in total. The topological polar surface area (TPSA) is 67.3 Å². The van der Waals surface area contributed by atoms with E-state index in [1.54, 1.807) is 19.2 Å². The van der Waals surface area contributed by atoms with Gasteiger partial charge in [-0.3, -0.25) is 4.79 Å². The van der Waals surface area contributed by atoms with E-state index in [1.165, 1.54) is 12.1 Å². The molecule has 0 saturated carbocycles. The van der Waals surface area contributed by atoms with Crippen LogP contribution in [0.15, 0.2) is 59.0 Å². The highest BCUT2D eigenvalue weighted by molar-refractivity contribution is 6.08. The molecule has 2 aromatic heterocycles. The summed E-state index contributed by atoms with van der Waals surface area (Å²) in [7, 11) is 1.56. The van der Waals surface area contributed by atoms with E-state index in [1.807, 2.05) is 37.3 Å². The minimum Gasteiger partial charge on any atom is -0.495 e. The van der Waals surface area contributed by atoms with Crippen molar-refractivity contribution in [1.29, 1.82) is 0 Å². The quantitative estimate of drug-likeness (QED) is 0.405. The molecule has 0 radical (unpaired) electrons. The second-order valence-electron chi connectivity index (χ2n) is 7.29. The van der Waals surface area contributed by atoms with Gasteiger partial charge in [0, 0.05) is 33.4 Å². The van der Waals surface area contributed by atoms with Gasteiger partial charge in [0.05, 0.1) is 19.2 Å². The first-order valence-electron chi connectivity index (χ1n) is 9.59. The predicted molar refractivity (Wildman–Crippen MR) is 116 cm³/mol. The molecule has 30 heavy (non-hydrogen) atoms. The van der Waals surface area contributed by atoms with E-state index in [0.29, 0.717) is 22.4 Å². The number of halogens is 1. The maximum Gasteiger partial charge on any atom is 0.228 e. The molecule has 0 fully saturated rings. The van der Waals surface area contributed by atoms with Crippen molar-refractivity contribution in [2.24, 2.45) is 0 Å². The van der Waals surface area contributed by atoms with E-state index in [0.717, 1.165) is 33.1 Å². The van der Waals surface area contributed by atoms with Crippen LogP contribution in [-0.4, -0.2) is 18.0 Å². The Hall–Kier alpha value is -3.80. The van der Waals surface area contributed by atoms with Crippen molar-refractivity contribution in [3.63, 3.8) is 0 Å². The first-order chi connectivity index (χ1) is 14.5. The summed E-state index contributed by atoms with van der Waals surface area (Å²) in [5.41, 5.74) is 4.37. The number of aromatic nitrogens is 1. The van der Waals surface area contributed by atoms with Crippen molar-refractivity contribution < 1.29 is 18.3 Å². The standard InChI is InChI=1S/C24H19FN2O3/c1-13-16(17-9-14(25)7-8-19(17)26-13)11-24(28)27-20-12-22-18(10-23(20)29-2)15-5-3-4-6-21(15)30-22/h3-10,12,26H,11H2,1-2H3,(H,27,28). The first kappa shape index (κ1) is 18.2. The molecule has 1 amide bonds. The smallest absolute Gasteiger partial charge is 0.228 e. The van der Waals surface area contributed by atoms with Gasteiger partial charge >= 0.3 is 0 Å². The fourth-order valence-electron chi connectivity index (χ4n) is 3.96. The Morgan fingerprint density at radius 3 is 2.73 bits per heavy atom. The number of carbonyl (C=O) groups is 1. The van der Waals surface area contributed by atoms with Gasteiger partial charge in [-0.1, -0.05) is 18.2 Å². The van der Waals surface area contributed by atoms with Gasteiger partial charge in [-0.15, -0.1) is 0 Å². The number of H-pyrrole nitrogens is 1. The lowest BCUT2D eigenvalue weighted by molar-refractivity contribution is -0.115. The summed E-state index contributed by atoms with van der Waals surface area (Å²) in [4.78, 5) is 16.0. The van der Waals surface area contributed by atoms with E-state index in [2.05, 4.69) is 10.3 Å². The Labute approximate surface area is 171 Å². The third-order valence-electron chi connectivity index (χ3n) is 5.39. The molecule has 6 heteroatoms. The van der Waals surface area contributed by atoms with Gasteiger partial charge in [0.15, 0.2) is 0 Å². The number of benzene rings is 3. The number of aryl methyl sites for hydroxylation is 1. The van der Waals surface area contributed by atoms with Gasteiger partial charge in [0.1, 0.15) is 22.7 Å². The Balaban J connectivity index is 1.49. The van der Waals surface area contributed by atoms with Gasteiger partial charge in [0.25, 0.3) is 0 Å². The zero-order valence-corrected chi connectivity index (χ0v) is 16.5. The molecule has 0 aliphatic carbocycles. The molecule has 2 heterocycles. The molecular weight excluding hydrogens is 383 g/mol. The molecule has 0 saturated heterocycles. The highest BCUT2D eigenvalue weighted by Crippen LogP contribution is 2.36. The van der Waals surface area contributed by atoms with Crippen molar-refractivity contribution in [2.75, 3.05) is 12.4 Å². The number of nitrogens with one attached hydrogen (secondary N) is 2. The molecular formula is C24H19FN2O3. The summed E-state index contributed by atoms with van der Waals surface area (Å²) in [5, 5.41) is 5.53. The van der Waals surface area contributed by atoms with Crippen LogP contribution in [0.4, 0.5) is 10.1 Å². The summed E-state index contributed by atoms with van der Waals surface area (Å²) < 4.78 is 25.1. The van der Waals surface area contributed by atoms with E-state index in [9.17, 15) is 9.18 Å². The summed E-state index contributed by atoms with van der Waals surface area (Å²) >= 11 is 0. The lowest BCUT2D eigenvalue weighted by Crippen LogP contribution is -2.15. The summed E-state index contributed by atoms with van der Waals surface area (Å²) in [6.07, 6.45) is 0.108. The number of fused-ring (bicyclic) bond motifs is 4. The van der Waals surface area contributed by atoms with Crippen LogP contribution in [0.1, 0.15) is 11.3 Å².